The average Bonchev–Trinajstić information content (AvgIpc) is 2.53. The van der Waals surface area contributed by atoms with E-state index < -0.39 is 10.0 Å². The van der Waals surface area contributed by atoms with Gasteiger partial charge in [-0.2, -0.15) is 0 Å². The minimum Gasteiger partial charge on any atom is -0.370 e. The number of carbonyl (C=O) groups is 1. The van der Waals surface area contributed by atoms with Crippen LogP contribution in [-0.4, -0.2) is 14.3 Å². The summed E-state index contributed by atoms with van der Waals surface area (Å²) in [6, 6.07) is 15.5. The third kappa shape index (κ3) is 4.91. The zero-order valence-corrected chi connectivity index (χ0v) is 13.7. The molecule has 0 fully saturated rings. The van der Waals surface area contributed by atoms with E-state index in [1.807, 2.05) is 30.3 Å². The smallest absolute Gasteiger partial charge is 0.241 e. The molecule has 23 heavy (non-hydrogen) atoms. The number of rotatable bonds is 7. The monoisotopic (exact) mass is 332 g/mol. The van der Waals surface area contributed by atoms with Crippen molar-refractivity contribution in [2.75, 3.05) is 0 Å². The number of primary amides is 1. The van der Waals surface area contributed by atoms with E-state index >= 15 is 0 Å². The quantitative estimate of drug-likeness (QED) is 0.814. The fourth-order valence-electron chi connectivity index (χ4n) is 2.21. The maximum atomic E-state index is 12.4. The number of aryl methyl sites for hydroxylation is 1. The van der Waals surface area contributed by atoms with E-state index in [9.17, 15) is 13.2 Å². The summed E-state index contributed by atoms with van der Waals surface area (Å²) in [5.74, 6) is -0.375. The highest BCUT2D eigenvalue weighted by Crippen LogP contribution is 2.17. The molecule has 0 unspecified atom stereocenters. The van der Waals surface area contributed by atoms with E-state index in [1.165, 1.54) is 12.1 Å². The van der Waals surface area contributed by atoms with Crippen molar-refractivity contribution in [3.8, 4) is 0 Å². The highest BCUT2D eigenvalue weighted by molar-refractivity contribution is 7.89. The maximum absolute atomic E-state index is 12.4. The minimum atomic E-state index is -3.60. The summed E-state index contributed by atoms with van der Waals surface area (Å²) in [6.45, 7) is 1.80. The molecule has 0 heterocycles. The van der Waals surface area contributed by atoms with Crippen LogP contribution in [0.1, 0.15) is 30.5 Å². The van der Waals surface area contributed by atoms with Crippen molar-refractivity contribution >= 4 is 15.9 Å². The molecule has 0 radical (unpaired) electrons. The van der Waals surface area contributed by atoms with Crippen LogP contribution in [0.2, 0.25) is 0 Å². The molecule has 0 aliphatic heterocycles. The van der Waals surface area contributed by atoms with E-state index in [0.717, 1.165) is 11.1 Å². The molecule has 0 spiro atoms. The van der Waals surface area contributed by atoms with Gasteiger partial charge in [0.05, 0.1) is 4.90 Å². The van der Waals surface area contributed by atoms with Crippen molar-refractivity contribution in [2.24, 2.45) is 5.73 Å². The lowest BCUT2D eigenvalue weighted by Gasteiger charge is -2.14. The van der Waals surface area contributed by atoms with E-state index in [1.54, 1.807) is 19.1 Å². The molecule has 0 aliphatic carbocycles. The summed E-state index contributed by atoms with van der Waals surface area (Å²) < 4.78 is 27.5. The van der Waals surface area contributed by atoms with Gasteiger partial charge in [0.1, 0.15) is 0 Å². The third-order valence-electron chi connectivity index (χ3n) is 3.53. The fourth-order valence-corrected chi connectivity index (χ4v) is 3.45. The van der Waals surface area contributed by atoms with Crippen molar-refractivity contribution in [2.45, 2.75) is 30.7 Å². The third-order valence-corrected chi connectivity index (χ3v) is 5.08. The largest absolute Gasteiger partial charge is 0.370 e. The van der Waals surface area contributed by atoms with Crippen LogP contribution in [0.5, 0.6) is 0 Å². The van der Waals surface area contributed by atoms with Crippen molar-refractivity contribution in [3.63, 3.8) is 0 Å². The van der Waals surface area contributed by atoms with Gasteiger partial charge in [-0.3, -0.25) is 4.79 Å². The normalized spacial score (nSPS) is 12.7. The standard InChI is InChI=1S/C17H20N2O3S/c1-13(15-5-3-2-4-6-15)19-23(21,22)16-10-7-14(8-11-16)9-12-17(18)20/h2-8,10-11,13,19H,9,12H2,1H3,(H2,18,20)/t13-/m1/s1. The van der Waals surface area contributed by atoms with Crippen LogP contribution >= 0.6 is 0 Å². The molecule has 0 aliphatic rings. The summed E-state index contributed by atoms with van der Waals surface area (Å²) in [5.41, 5.74) is 6.88. The molecule has 1 amide bonds. The van der Waals surface area contributed by atoms with Crippen LogP contribution in [-0.2, 0) is 21.2 Å². The first-order valence-corrected chi connectivity index (χ1v) is 8.81. The zero-order chi connectivity index (χ0) is 16.9. The number of amides is 1. The van der Waals surface area contributed by atoms with Crippen LogP contribution in [0.4, 0.5) is 0 Å². The second-order valence-electron chi connectivity index (χ2n) is 5.36. The molecule has 2 rings (SSSR count). The molecule has 0 saturated carbocycles. The van der Waals surface area contributed by atoms with Crippen LogP contribution in [0.25, 0.3) is 0 Å². The molecule has 0 saturated heterocycles. The van der Waals surface area contributed by atoms with Gasteiger partial charge in [0.2, 0.25) is 15.9 Å². The first kappa shape index (κ1) is 17.2. The molecular formula is C17H20N2O3S. The first-order valence-electron chi connectivity index (χ1n) is 7.33. The number of nitrogens with two attached hydrogens (primary N) is 1. The van der Waals surface area contributed by atoms with E-state index in [0.29, 0.717) is 6.42 Å². The van der Waals surface area contributed by atoms with Gasteiger partial charge in [-0.05, 0) is 36.6 Å². The number of benzene rings is 2. The molecule has 3 N–H and O–H groups in total. The Kier molecular flexibility index (Phi) is 5.52. The van der Waals surface area contributed by atoms with Gasteiger partial charge in [0.15, 0.2) is 0 Å². The Morgan fingerprint density at radius 2 is 1.70 bits per heavy atom. The molecule has 5 nitrogen and oxygen atoms in total. The van der Waals surface area contributed by atoms with Gasteiger partial charge in [0.25, 0.3) is 0 Å². The highest BCUT2D eigenvalue weighted by atomic mass is 32.2. The molecule has 0 bridgehead atoms. The Hall–Kier alpha value is -2.18. The Morgan fingerprint density at radius 3 is 2.26 bits per heavy atom. The van der Waals surface area contributed by atoms with E-state index in [-0.39, 0.29) is 23.3 Å². The SMILES string of the molecule is C[C@@H](NS(=O)(=O)c1ccc(CCC(N)=O)cc1)c1ccccc1. The van der Waals surface area contributed by atoms with E-state index in [2.05, 4.69) is 4.72 Å². The number of sulfonamides is 1. The van der Waals surface area contributed by atoms with Crippen LogP contribution in [0.3, 0.4) is 0 Å². The summed E-state index contributed by atoms with van der Waals surface area (Å²) in [4.78, 5) is 11.0. The highest BCUT2D eigenvalue weighted by Gasteiger charge is 2.18. The van der Waals surface area contributed by atoms with Crippen LogP contribution < -0.4 is 10.5 Å². The molecule has 1 atom stereocenters. The number of hydrogen-bond donors (Lipinski definition) is 2. The number of nitrogens with one attached hydrogen (secondary N) is 1. The first-order chi connectivity index (χ1) is 10.9. The average molecular weight is 332 g/mol. The fraction of sp³-hybridized carbons (Fsp3) is 0.235. The second kappa shape index (κ2) is 7.39. The van der Waals surface area contributed by atoms with Gasteiger partial charge < -0.3 is 5.73 Å². The van der Waals surface area contributed by atoms with Crippen LogP contribution in [0, 0.1) is 0 Å². The second-order valence-corrected chi connectivity index (χ2v) is 7.08. The molecule has 2 aromatic carbocycles. The van der Waals surface area contributed by atoms with Crippen molar-refractivity contribution in [1.29, 1.82) is 0 Å². The topological polar surface area (TPSA) is 89.3 Å². The maximum Gasteiger partial charge on any atom is 0.241 e. The van der Waals surface area contributed by atoms with Gasteiger partial charge in [-0.25, -0.2) is 13.1 Å². The van der Waals surface area contributed by atoms with Gasteiger partial charge in [-0.15, -0.1) is 0 Å². The Balaban J connectivity index is 2.08. The van der Waals surface area contributed by atoms with Gasteiger partial charge in [-0.1, -0.05) is 42.5 Å². The Bertz CT molecular complexity index is 756. The summed E-state index contributed by atoms with van der Waals surface area (Å²) in [5, 5.41) is 0. The lowest BCUT2D eigenvalue weighted by Crippen LogP contribution is -2.26. The molecule has 0 aromatic heterocycles. The van der Waals surface area contributed by atoms with Crippen LogP contribution in [0.15, 0.2) is 59.5 Å². The summed E-state index contributed by atoms with van der Waals surface area (Å²) >= 11 is 0. The number of carbonyl (C=O) groups excluding carboxylic acids is 1. The molecule has 6 heteroatoms. The van der Waals surface area contributed by atoms with Crippen molar-refractivity contribution < 1.29 is 13.2 Å². The predicted molar refractivity (Wildman–Crippen MR) is 89.1 cm³/mol. The molecule has 122 valence electrons. The Morgan fingerprint density at radius 1 is 1.09 bits per heavy atom. The lowest BCUT2D eigenvalue weighted by atomic mass is 10.1. The zero-order valence-electron chi connectivity index (χ0n) is 12.9. The molecular weight excluding hydrogens is 312 g/mol. The lowest BCUT2D eigenvalue weighted by molar-refractivity contribution is -0.117. The minimum absolute atomic E-state index is 0.197. The summed E-state index contributed by atoms with van der Waals surface area (Å²) in [7, 11) is -3.60. The Labute approximate surface area is 136 Å². The number of hydrogen-bond acceptors (Lipinski definition) is 3. The van der Waals surface area contributed by atoms with Gasteiger partial charge in [0, 0.05) is 12.5 Å². The molecule has 2 aromatic rings. The predicted octanol–water partition coefficient (Wildman–Crippen LogP) is 2.14. The van der Waals surface area contributed by atoms with Crippen molar-refractivity contribution in [1.82, 2.24) is 4.72 Å². The summed E-state index contributed by atoms with van der Waals surface area (Å²) in [6.07, 6.45) is 0.749. The van der Waals surface area contributed by atoms with E-state index in [4.69, 9.17) is 5.73 Å². The van der Waals surface area contributed by atoms with Gasteiger partial charge >= 0.3 is 0 Å². The van der Waals surface area contributed by atoms with Crippen molar-refractivity contribution in [3.05, 3.63) is 65.7 Å².